The minimum atomic E-state index is -0.983. The second kappa shape index (κ2) is 5.18. The number of carboxylic acid groups (broad SMARTS) is 1. The molecule has 3 nitrogen and oxygen atoms in total. The zero-order chi connectivity index (χ0) is 11.3. The summed E-state index contributed by atoms with van der Waals surface area (Å²) in [5.41, 5.74) is 1.66. The van der Waals surface area contributed by atoms with Crippen molar-refractivity contribution in [2.45, 2.75) is 13.3 Å². The largest absolute Gasteiger partial charge is 0.478 e. The van der Waals surface area contributed by atoms with Crippen molar-refractivity contribution >= 4 is 5.97 Å². The minimum absolute atomic E-state index is 0.0127. The molecule has 0 saturated heterocycles. The number of benzene rings is 1. The van der Waals surface area contributed by atoms with Crippen LogP contribution in [0, 0.1) is 18.8 Å². The van der Waals surface area contributed by atoms with E-state index in [0.29, 0.717) is 12.0 Å². The van der Waals surface area contributed by atoms with E-state index in [1.807, 2.05) is 6.92 Å². The van der Waals surface area contributed by atoms with Crippen LogP contribution in [0.4, 0.5) is 0 Å². The van der Waals surface area contributed by atoms with Gasteiger partial charge in [-0.15, -0.1) is 0 Å². The van der Waals surface area contributed by atoms with Crippen LogP contribution in [0.3, 0.4) is 0 Å². The van der Waals surface area contributed by atoms with E-state index >= 15 is 0 Å². The van der Waals surface area contributed by atoms with Crippen molar-refractivity contribution in [2.24, 2.45) is 0 Å². The molecule has 0 atom stereocenters. The predicted molar refractivity (Wildman–Crippen MR) is 56.7 cm³/mol. The van der Waals surface area contributed by atoms with E-state index in [-0.39, 0.29) is 12.2 Å². The lowest BCUT2D eigenvalue weighted by Crippen LogP contribution is -2.00. The molecule has 0 radical (unpaired) electrons. The van der Waals surface area contributed by atoms with Crippen LogP contribution in [0.15, 0.2) is 18.2 Å². The van der Waals surface area contributed by atoms with Gasteiger partial charge in [0.1, 0.15) is 0 Å². The third kappa shape index (κ3) is 3.12. The molecule has 1 aromatic rings. The van der Waals surface area contributed by atoms with Gasteiger partial charge in [-0.25, -0.2) is 4.79 Å². The van der Waals surface area contributed by atoms with Crippen molar-refractivity contribution in [3.05, 3.63) is 34.9 Å². The molecule has 0 fully saturated rings. The summed E-state index contributed by atoms with van der Waals surface area (Å²) in [6.07, 6.45) is 0.354. The Hall–Kier alpha value is -1.79. The van der Waals surface area contributed by atoms with E-state index in [1.54, 1.807) is 18.2 Å². The Morgan fingerprint density at radius 3 is 2.80 bits per heavy atom. The smallest absolute Gasteiger partial charge is 0.336 e. The van der Waals surface area contributed by atoms with Crippen LogP contribution in [-0.4, -0.2) is 22.8 Å². The van der Waals surface area contributed by atoms with Gasteiger partial charge in [0.25, 0.3) is 0 Å². The Morgan fingerprint density at radius 1 is 1.47 bits per heavy atom. The Bertz CT molecular complexity index is 424. The average molecular weight is 204 g/mol. The summed E-state index contributed by atoms with van der Waals surface area (Å²) in [6.45, 7) is 1.87. The number of aliphatic hydroxyl groups is 1. The van der Waals surface area contributed by atoms with E-state index < -0.39 is 5.97 Å². The third-order valence-corrected chi connectivity index (χ3v) is 1.87. The van der Waals surface area contributed by atoms with Gasteiger partial charge in [-0.3, -0.25) is 0 Å². The summed E-state index contributed by atoms with van der Waals surface area (Å²) in [5.74, 6) is 4.47. The van der Waals surface area contributed by atoms with Gasteiger partial charge in [0, 0.05) is 12.0 Å². The number of hydrogen-bond acceptors (Lipinski definition) is 2. The first-order chi connectivity index (χ1) is 7.15. The molecule has 0 aromatic heterocycles. The Kier molecular flexibility index (Phi) is 3.90. The molecule has 0 amide bonds. The maximum Gasteiger partial charge on any atom is 0.336 e. The topological polar surface area (TPSA) is 57.5 Å². The number of hydrogen-bond donors (Lipinski definition) is 2. The minimum Gasteiger partial charge on any atom is -0.478 e. The first-order valence-electron chi connectivity index (χ1n) is 4.59. The quantitative estimate of drug-likeness (QED) is 0.716. The molecule has 2 N–H and O–H groups in total. The fraction of sp³-hybridized carbons (Fsp3) is 0.250. The zero-order valence-electron chi connectivity index (χ0n) is 8.45. The molecule has 15 heavy (non-hydrogen) atoms. The van der Waals surface area contributed by atoms with Crippen LogP contribution >= 0.6 is 0 Å². The van der Waals surface area contributed by atoms with Gasteiger partial charge in [0.05, 0.1) is 12.2 Å². The summed E-state index contributed by atoms with van der Waals surface area (Å²) in [7, 11) is 0. The third-order valence-electron chi connectivity index (χ3n) is 1.87. The summed E-state index contributed by atoms with van der Waals surface area (Å²) < 4.78 is 0. The maximum absolute atomic E-state index is 10.8. The van der Waals surface area contributed by atoms with E-state index in [4.69, 9.17) is 10.2 Å². The SMILES string of the molecule is Cc1ccc(C(=O)O)c(C#CCCO)c1. The van der Waals surface area contributed by atoms with Crippen LogP contribution < -0.4 is 0 Å². The average Bonchev–Trinajstić information content (AvgIpc) is 2.18. The molecular formula is C12H12O3. The molecule has 0 aliphatic heterocycles. The molecule has 1 rings (SSSR count). The standard InChI is InChI=1S/C12H12O3/c1-9-5-6-11(12(14)15)10(8-9)4-2-3-7-13/h5-6,8,13H,3,7H2,1H3,(H,14,15). The number of aromatic carboxylic acids is 1. The van der Waals surface area contributed by atoms with Gasteiger partial charge in [-0.2, -0.15) is 0 Å². The number of aliphatic hydroxyl groups excluding tert-OH is 1. The van der Waals surface area contributed by atoms with Gasteiger partial charge in [-0.1, -0.05) is 17.9 Å². The monoisotopic (exact) mass is 204 g/mol. The van der Waals surface area contributed by atoms with Gasteiger partial charge in [0.2, 0.25) is 0 Å². The number of aryl methyl sites for hydroxylation is 1. The van der Waals surface area contributed by atoms with E-state index in [1.165, 1.54) is 0 Å². The lowest BCUT2D eigenvalue weighted by molar-refractivity contribution is 0.0696. The molecule has 0 unspecified atom stereocenters. The van der Waals surface area contributed by atoms with Crippen LogP contribution in [0.5, 0.6) is 0 Å². The van der Waals surface area contributed by atoms with Crippen molar-refractivity contribution in [2.75, 3.05) is 6.61 Å². The molecule has 0 spiro atoms. The normalized spacial score (nSPS) is 9.20. The number of rotatable bonds is 2. The highest BCUT2D eigenvalue weighted by Crippen LogP contribution is 2.10. The van der Waals surface area contributed by atoms with Crippen LogP contribution in [-0.2, 0) is 0 Å². The van der Waals surface area contributed by atoms with E-state index in [2.05, 4.69) is 11.8 Å². The second-order valence-corrected chi connectivity index (χ2v) is 3.13. The fourth-order valence-corrected chi connectivity index (χ4v) is 1.16. The first kappa shape index (κ1) is 11.3. The van der Waals surface area contributed by atoms with E-state index in [0.717, 1.165) is 5.56 Å². The molecule has 0 bridgehead atoms. The van der Waals surface area contributed by atoms with Crippen LogP contribution in [0.1, 0.15) is 27.9 Å². The first-order valence-corrected chi connectivity index (χ1v) is 4.59. The highest BCUT2D eigenvalue weighted by molar-refractivity contribution is 5.90. The lowest BCUT2D eigenvalue weighted by Gasteiger charge is -2.00. The molecule has 3 heteroatoms. The molecule has 1 aromatic carbocycles. The zero-order valence-corrected chi connectivity index (χ0v) is 8.45. The van der Waals surface area contributed by atoms with Gasteiger partial charge < -0.3 is 10.2 Å². The van der Waals surface area contributed by atoms with Crippen LogP contribution in [0.2, 0.25) is 0 Å². The van der Waals surface area contributed by atoms with Crippen molar-refractivity contribution in [1.29, 1.82) is 0 Å². The lowest BCUT2D eigenvalue weighted by atomic mass is 10.0. The predicted octanol–water partition coefficient (Wildman–Crippen LogP) is 1.43. The Balaban J connectivity index is 3.09. The summed E-state index contributed by atoms with van der Waals surface area (Å²) in [6, 6.07) is 5.01. The van der Waals surface area contributed by atoms with Gasteiger partial charge in [-0.05, 0) is 24.6 Å². The second-order valence-electron chi connectivity index (χ2n) is 3.13. The molecule has 0 aliphatic carbocycles. The Morgan fingerprint density at radius 2 is 2.20 bits per heavy atom. The highest BCUT2D eigenvalue weighted by Gasteiger charge is 2.07. The highest BCUT2D eigenvalue weighted by atomic mass is 16.4. The Labute approximate surface area is 88.4 Å². The number of carbonyl (C=O) groups is 1. The van der Waals surface area contributed by atoms with Crippen molar-refractivity contribution in [1.82, 2.24) is 0 Å². The molecule has 0 aliphatic rings. The molecule has 0 heterocycles. The van der Waals surface area contributed by atoms with Gasteiger partial charge in [0.15, 0.2) is 0 Å². The van der Waals surface area contributed by atoms with Crippen molar-refractivity contribution in [3.63, 3.8) is 0 Å². The molecule has 78 valence electrons. The van der Waals surface area contributed by atoms with E-state index in [9.17, 15) is 4.79 Å². The van der Waals surface area contributed by atoms with Gasteiger partial charge >= 0.3 is 5.97 Å². The molecular weight excluding hydrogens is 192 g/mol. The van der Waals surface area contributed by atoms with Crippen molar-refractivity contribution in [3.8, 4) is 11.8 Å². The summed E-state index contributed by atoms with van der Waals surface area (Å²) in [5, 5.41) is 17.5. The molecule has 0 saturated carbocycles. The maximum atomic E-state index is 10.8. The number of carboxylic acids is 1. The summed E-state index contributed by atoms with van der Waals surface area (Å²) in [4.78, 5) is 10.8. The fourth-order valence-electron chi connectivity index (χ4n) is 1.16. The van der Waals surface area contributed by atoms with Crippen LogP contribution in [0.25, 0.3) is 0 Å². The van der Waals surface area contributed by atoms with Crippen molar-refractivity contribution < 1.29 is 15.0 Å². The summed E-state index contributed by atoms with van der Waals surface area (Å²) >= 11 is 0.